The molecule has 0 bridgehead atoms. The Morgan fingerprint density at radius 1 is 1.10 bits per heavy atom. The van der Waals surface area contributed by atoms with Gasteiger partial charge in [0.1, 0.15) is 11.6 Å². The highest BCUT2D eigenvalue weighted by atomic mass is 16.3. The van der Waals surface area contributed by atoms with Gasteiger partial charge in [0.2, 0.25) is 5.69 Å². The minimum Gasteiger partial charge on any atom is -0.503 e. The highest BCUT2D eigenvalue weighted by Gasteiger charge is 2.33. The van der Waals surface area contributed by atoms with Gasteiger partial charge in [0.25, 0.3) is 17.4 Å². The molecule has 2 rings (SSSR count). The van der Waals surface area contributed by atoms with E-state index in [9.17, 15) is 24.8 Å². The number of aromatic hydroxyl groups is 1. The van der Waals surface area contributed by atoms with E-state index in [2.05, 4.69) is 4.85 Å². The molecule has 2 amide bonds. The first-order chi connectivity index (χ1) is 14.7. The summed E-state index contributed by atoms with van der Waals surface area (Å²) in [6, 6.07) is 1.86. The average Bonchev–Trinajstić information content (AvgIpc) is 2.73. The fraction of sp³-hybridized carbons (Fsp3) is 0.261. The summed E-state index contributed by atoms with van der Waals surface area (Å²) in [5, 5.41) is 19.3. The minimum atomic E-state index is -0.598. The number of carbonyl (C=O) groups excluding carboxylic acids is 2. The second-order valence-electron chi connectivity index (χ2n) is 6.66. The van der Waals surface area contributed by atoms with Crippen LogP contribution in [-0.2, 0) is 16.1 Å². The lowest BCUT2D eigenvalue weighted by molar-refractivity contribution is -0.140. The minimum absolute atomic E-state index is 0.0223. The lowest BCUT2D eigenvalue weighted by atomic mass is 9.95. The summed E-state index contributed by atoms with van der Waals surface area (Å²) in [5.74, 6) is -1.42. The molecule has 0 unspecified atom stereocenters. The van der Waals surface area contributed by atoms with Crippen LogP contribution in [0.15, 0.2) is 45.8 Å². The monoisotopic (exact) mass is 418 g/mol. The third kappa shape index (κ3) is 4.10. The molecule has 1 aliphatic heterocycles. The number of carbonyl (C=O) groups is 2. The van der Waals surface area contributed by atoms with Crippen molar-refractivity contribution in [2.75, 3.05) is 6.54 Å². The van der Waals surface area contributed by atoms with Gasteiger partial charge in [0, 0.05) is 24.2 Å². The molecule has 2 heterocycles. The van der Waals surface area contributed by atoms with E-state index in [-0.39, 0.29) is 41.4 Å². The van der Waals surface area contributed by atoms with E-state index in [1.54, 1.807) is 45.9 Å². The first kappa shape index (κ1) is 23.1. The van der Waals surface area contributed by atoms with E-state index in [0.717, 1.165) is 9.47 Å². The van der Waals surface area contributed by atoms with Gasteiger partial charge in [-0.15, -0.1) is 0 Å². The molecule has 1 aromatic heterocycles. The summed E-state index contributed by atoms with van der Waals surface area (Å²) < 4.78 is 1.13. The molecule has 0 saturated carbocycles. The number of likely N-dealkylation sites (N-methyl/N-ethyl adjacent to an activating group) is 1. The van der Waals surface area contributed by atoms with Gasteiger partial charge in [-0.1, -0.05) is 24.3 Å². The number of nitriles is 1. The van der Waals surface area contributed by atoms with Crippen LogP contribution < -0.4 is 5.56 Å². The van der Waals surface area contributed by atoms with E-state index < -0.39 is 17.4 Å². The Balaban J connectivity index is 2.43. The molecule has 0 saturated heterocycles. The highest BCUT2D eigenvalue weighted by Crippen LogP contribution is 2.31. The van der Waals surface area contributed by atoms with Gasteiger partial charge in [0.05, 0.1) is 6.57 Å². The zero-order valence-corrected chi connectivity index (χ0v) is 17.8. The number of amides is 2. The first-order valence-corrected chi connectivity index (χ1v) is 9.61. The van der Waals surface area contributed by atoms with Crippen molar-refractivity contribution in [2.24, 2.45) is 0 Å². The summed E-state index contributed by atoms with van der Waals surface area (Å²) in [6.45, 7) is 14.1. The van der Waals surface area contributed by atoms with Crippen LogP contribution in [0.5, 0.6) is 5.88 Å². The predicted octanol–water partition coefficient (Wildman–Crippen LogP) is 3.16. The molecule has 0 fully saturated rings. The van der Waals surface area contributed by atoms with Crippen LogP contribution in [0, 0.1) is 24.8 Å². The fourth-order valence-corrected chi connectivity index (χ4v) is 3.26. The third-order valence-corrected chi connectivity index (χ3v) is 5.02. The van der Waals surface area contributed by atoms with E-state index in [1.807, 2.05) is 6.07 Å². The molecule has 0 spiro atoms. The lowest BCUT2D eigenvalue weighted by Crippen LogP contribution is -2.42. The van der Waals surface area contributed by atoms with Crippen molar-refractivity contribution >= 4 is 23.6 Å². The van der Waals surface area contributed by atoms with Crippen LogP contribution in [0.1, 0.15) is 31.9 Å². The Morgan fingerprint density at radius 2 is 1.77 bits per heavy atom. The van der Waals surface area contributed by atoms with Crippen LogP contribution >= 0.6 is 0 Å². The highest BCUT2D eigenvalue weighted by molar-refractivity contribution is 6.18. The second-order valence-corrected chi connectivity index (χ2v) is 6.66. The standard InChI is InChI=1S/C23H22N4O4/c1-6-26-20(28)16(14(3)18(13-24)22(26)30)11-9-8-10-12-17-15(4)19(25-5)23(31)27(7-2)21(17)29/h8-12,31H,6-7H2,1-4H3/b9-8+,12-10+,16-11-. The zero-order valence-electron chi connectivity index (χ0n) is 17.8. The van der Waals surface area contributed by atoms with Crippen molar-refractivity contribution in [1.29, 1.82) is 5.26 Å². The zero-order chi connectivity index (χ0) is 23.3. The lowest BCUT2D eigenvalue weighted by Gasteiger charge is -2.25. The van der Waals surface area contributed by atoms with Crippen molar-refractivity contribution in [2.45, 2.75) is 34.2 Å². The van der Waals surface area contributed by atoms with Crippen molar-refractivity contribution in [3.8, 4) is 11.9 Å². The molecule has 1 N–H and O–H groups in total. The normalized spacial score (nSPS) is 15.9. The maximum Gasteiger partial charge on any atom is 0.271 e. The molecule has 158 valence electrons. The molecule has 0 aliphatic carbocycles. The van der Waals surface area contributed by atoms with E-state index in [1.165, 1.54) is 12.2 Å². The van der Waals surface area contributed by atoms with Crippen LogP contribution in [0.2, 0.25) is 0 Å². The quantitative estimate of drug-likeness (QED) is 0.342. The average molecular weight is 418 g/mol. The fourth-order valence-electron chi connectivity index (χ4n) is 3.26. The van der Waals surface area contributed by atoms with Gasteiger partial charge in [-0.3, -0.25) is 23.9 Å². The number of allylic oxidation sites excluding steroid dienone is 4. The maximum absolute atomic E-state index is 12.6. The Hall–Kier alpha value is -4.17. The molecule has 0 radical (unpaired) electrons. The Labute approximate surface area is 180 Å². The number of pyridine rings is 1. The molecule has 8 nitrogen and oxygen atoms in total. The number of nitrogens with zero attached hydrogens (tertiary/aromatic N) is 4. The number of hydrogen-bond acceptors (Lipinski definition) is 5. The summed E-state index contributed by atoms with van der Waals surface area (Å²) in [7, 11) is 0. The third-order valence-electron chi connectivity index (χ3n) is 5.02. The van der Waals surface area contributed by atoms with Gasteiger partial charge in [-0.25, -0.2) is 4.85 Å². The largest absolute Gasteiger partial charge is 0.503 e. The number of hydrogen-bond donors (Lipinski definition) is 1. The predicted molar refractivity (Wildman–Crippen MR) is 116 cm³/mol. The van der Waals surface area contributed by atoms with Gasteiger partial charge < -0.3 is 5.11 Å². The smallest absolute Gasteiger partial charge is 0.271 e. The van der Waals surface area contributed by atoms with Crippen LogP contribution in [0.4, 0.5) is 5.69 Å². The first-order valence-electron chi connectivity index (χ1n) is 9.61. The van der Waals surface area contributed by atoms with Gasteiger partial charge in [-0.05, 0) is 44.9 Å². The molecular weight excluding hydrogens is 396 g/mol. The van der Waals surface area contributed by atoms with Crippen molar-refractivity contribution < 1.29 is 14.7 Å². The molecule has 0 atom stereocenters. The number of imide groups is 1. The van der Waals surface area contributed by atoms with Crippen molar-refractivity contribution in [3.63, 3.8) is 0 Å². The second kappa shape index (κ2) is 9.55. The van der Waals surface area contributed by atoms with Gasteiger partial charge in [0.15, 0.2) is 5.88 Å². The SMILES string of the molecule is [C-]#[N+]c1c(C)c(/C=C/C=C/C=C2\C(=O)N(CC)C(=O)C(C#N)=C2C)c(=O)n(CC)c1O. The van der Waals surface area contributed by atoms with E-state index >= 15 is 0 Å². The summed E-state index contributed by atoms with van der Waals surface area (Å²) in [4.78, 5) is 41.6. The molecule has 0 aromatic carbocycles. The summed E-state index contributed by atoms with van der Waals surface area (Å²) >= 11 is 0. The van der Waals surface area contributed by atoms with E-state index in [4.69, 9.17) is 6.57 Å². The maximum atomic E-state index is 12.6. The summed E-state index contributed by atoms with van der Waals surface area (Å²) in [6.07, 6.45) is 7.77. The summed E-state index contributed by atoms with van der Waals surface area (Å²) in [5.41, 5.74) is 0.761. The topological polar surface area (TPSA) is 108 Å². The van der Waals surface area contributed by atoms with E-state index in [0.29, 0.717) is 11.1 Å². The molecule has 8 heteroatoms. The van der Waals surface area contributed by atoms with Crippen LogP contribution in [0.3, 0.4) is 0 Å². The molecule has 1 aromatic rings. The van der Waals surface area contributed by atoms with Gasteiger partial charge in [-0.2, -0.15) is 5.26 Å². The molecule has 31 heavy (non-hydrogen) atoms. The Bertz CT molecular complexity index is 1210. The number of rotatable bonds is 5. The molecular formula is C23H22N4O4. The van der Waals surface area contributed by atoms with Crippen LogP contribution in [0.25, 0.3) is 10.9 Å². The van der Waals surface area contributed by atoms with Crippen molar-refractivity contribution in [3.05, 3.63) is 73.9 Å². The van der Waals surface area contributed by atoms with Gasteiger partial charge >= 0.3 is 0 Å². The van der Waals surface area contributed by atoms with Crippen molar-refractivity contribution in [1.82, 2.24) is 9.47 Å². The Kier molecular flexibility index (Phi) is 7.12. The Morgan fingerprint density at radius 3 is 2.32 bits per heavy atom. The molecule has 1 aliphatic rings. The van der Waals surface area contributed by atoms with Crippen LogP contribution in [-0.4, -0.2) is 32.9 Å². The number of aromatic nitrogens is 1.